The molecule has 0 aromatic heterocycles. The van der Waals surface area contributed by atoms with Crippen molar-refractivity contribution in [2.75, 3.05) is 40.9 Å². The van der Waals surface area contributed by atoms with Crippen LogP contribution < -0.4 is 9.47 Å². The van der Waals surface area contributed by atoms with E-state index < -0.39 is 17.7 Å². The van der Waals surface area contributed by atoms with Crippen molar-refractivity contribution < 1.29 is 24.2 Å². The van der Waals surface area contributed by atoms with E-state index >= 15 is 0 Å². The van der Waals surface area contributed by atoms with E-state index in [4.69, 9.17) is 21.1 Å². The number of methoxy groups -OCH3 is 1. The van der Waals surface area contributed by atoms with Crippen LogP contribution in [0.1, 0.15) is 30.5 Å². The van der Waals surface area contributed by atoms with Crippen molar-refractivity contribution in [3.05, 3.63) is 64.2 Å². The first-order chi connectivity index (χ1) is 15.8. The van der Waals surface area contributed by atoms with Gasteiger partial charge in [0.15, 0.2) is 0 Å². The number of Topliss-reactive ketones (excluding diaryl/α,β-unsaturated/α-hetero) is 1. The number of aliphatic hydroxyl groups excluding tert-OH is 1. The van der Waals surface area contributed by atoms with E-state index in [0.29, 0.717) is 36.6 Å². The van der Waals surface area contributed by atoms with Crippen LogP contribution in [-0.2, 0) is 9.59 Å². The van der Waals surface area contributed by atoms with Gasteiger partial charge in [-0.15, -0.1) is 0 Å². The highest BCUT2D eigenvalue weighted by atomic mass is 35.5. The van der Waals surface area contributed by atoms with Crippen molar-refractivity contribution in [2.45, 2.75) is 19.4 Å². The molecule has 8 heteroatoms. The van der Waals surface area contributed by atoms with Crippen LogP contribution in [0.3, 0.4) is 0 Å². The number of benzene rings is 2. The Hall–Kier alpha value is -3.03. The largest absolute Gasteiger partial charge is 0.507 e. The number of halogens is 1. The van der Waals surface area contributed by atoms with Crippen LogP contribution >= 0.6 is 11.6 Å². The molecule has 176 valence electrons. The van der Waals surface area contributed by atoms with E-state index in [1.165, 1.54) is 12.0 Å². The first-order valence-corrected chi connectivity index (χ1v) is 11.2. The summed E-state index contributed by atoms with van der Waals surface area (Å²) in [5.41, 5.74) is 0.896. The molecule has 1 unspecified atom stereocenters. The molecule has 33 heavy (non-hydrogen) atoms. The highest BCUT2D eigenvalue weighted by Gasteiger charge is 2.46. The van der Waals surface area contributed by atoms with Gasteiger partial charge in [0, 0.05) is 12.1 Å². The van der Waals surface area contributed by atoms with Gasteiger partial charge in [-0.3, -0.25) is 9.59 Å². The first-order valence-electron chi connectivity index (χ1n) is 10.8. The molecule has 1 amide bonds. The molecule has 0 aliphatic carbocycles. The van der Waals surface area contributed by atoms with Gasteiger partial charge in [0.25, 0.3) is 11.7 Å². The van der Waals surface area contributed by atoms with Gasteiger partial charge in [0.05, 0.1) is 30.4 Å². The Bertz CT molecular complexity index is 1070. The summed E-state index contributed by atoms with van der Waals surface area (Å²) in [5, 5.41) is 11.5. The van der Waals surface area contributed by atoms with Gasteiger partial charge >= 0.3 is 0 Å². The molecule has 0 spiro atoms. The van der Waals surface area contributed by atoms with Gasteiger partial charge in [-0.2, -0.15) is 0 Å². The lowest BCUT2D eigenvalue weighted by molar-refractivity contribution is -0.139. The molecule has 1 fully saturated rings. The Morgan fingerprint density at radius 3 is 2.58 bits per heavy atom. The summed E-state index contributed by atoms with van der Waals surface area (Å²) in [6.07, 6.45) is 0.668. The molecule has 1 aliphatic heterocycles. The SMILES string of the molecule is CCOc1cccc(C2/C(=C(\O)c3cc(OC)ccc3Cl)C(=O)C(=O)N2CCCN(C)C)c1. The minimum Gasteiger partial charge on any atom is -0.507 e. The average Bonchev–Trinajstić information content (AvgIpc) is 3.04. The molecule has 0 radical (unpaired) electrons. The number of carbonyl (C=O) groups is 2. The number of nitrogens with zero attached hydrogens (tertiary/aromatic N) is 2. The lowest BCUT2D eigenvalue weighted by Crippen LogP contribution is -2.32. The van der Waals surface area contributed by atoms with E-state index in [1.807, 2.05) is 38.1 Å². The number of hydrogen-bond donors (Lipinski definition) is 1. The average molecular weight is 473 g/mol. The normalized spacial score (nSPS) is 17.6. The van der Waals surface area contributed by atoms with Crippen LogP contribution in [0.25, 0.3) is 5.76 Å². The number of carbonyl (C=O) groups excluding carboxylic acids is 2. The van der Waals surface area contributed by atoms with Crippen LogP contribution in [0.5, 0.6) is 11.5 Å². The van der Waals surface area contributed by atoms with Crippen LogP contribution in [0.4, 0.5) is 0 Å². The number of aliphatic hydroxyl groups is 1. The second-order valence-electron chi connectivity index (χ2n) is 8.00. The van der Waals surface area contributed by atoms with Crippen molar-refractivity contribution in [1.82, 2.24) is 9.80 Å². The molecule has 7 nitrogen and oxygen atoms in total. The molecule has 2 aromatic carbocycles. The molecule has 3 rings (SSSR count). The van der Waals surface area contributed by atoms with Crippen LogP contribution in [0, 0.1) is 0 Å². The third-order valence-corrected chi connectivity index (χ3v) is 5.79. The summed E-state index contributed by atoms with van der Waals surface area (Å²) >= 11 is 6.34. The zero-order valence-electron chi connectivity index (χ0n) is 19.3. The summed E-state index contributed by atoms with van der Waals surface area (Å²) in [5.74, 6) is -0.646. The van der Waals surface area contributed by atoms with Gasteiger partial charge in [0.2, 0.25) is 0 Å². The fourth-order valence-electron chi connectivity index (χ4n) is 3.91. The van der Waals surface area contributed by atoms with Gasteiger partial charge in [-0.25, -0.2) is 0 Å². The van der Waals surface area contributed by atoms with Crippen molar-refractivity contribution in [1.29, 1.82) is 0 Å². The summed E-state index contributed by atoms with van der Waals surface area (Å²) in [4.78, 5) is 29.7. The standard InChI is InChI=1S/C25H29ClN2O5/c1-5-33-18-9-6-8-16(14-18)22-21(23(29)19-15-17(32-4)10-11-20(19)26)24(30)25(31)28(22)13-7-12-27(2)3/h6,8-11,14-15,22,29H,5,7,12-13H2,1-4H3/b23-21+. The molecular formula is C25H29ClN2O5. The maximum atomic E-state index is 13.2. The van der Waals surface area contributed by atoms with Crippen molar-refractivity contribution in [2.24, 2.45) is 0 Å². The summed E-state index contributed by atoms with van der Waals surface area (Å²) < 4.78 is 10.9. The minimum absolute atomic E-state index is 0.00588. The lowest BCUT2D eigenvalue weighted by Gasteiger charge is -2.26. The predicted octanol–water partition coefficient (Wildman–Crippen LogP) is 4.12. The van der Waals surface area contributed by atoms with Crippen LogP contribution in [0.2, 0.25) is 5.02 Å². The van der Waals surface area contributed by atoms with Crippen LogP contribution in [-0.4, -0.2) is 67.5 Å². The molecule has 1 atom stereocenters. The van der Waals surface area contributed by atoms with Gasteiger partial charge in [-0.1, -0.05) is 23.7 Å². The second-order valence-corrected chi connectivity index (χ2v) is 8.41. The number of rotatable bonds is 9. The maximum Gasteiger partial charge on any atom is 0.295 e. The maximum absolute atomic E-state index is 13.2. The first kappa shape index (κ1) is 24.6. The molecule has 2 aromatic rings. The Labute approximate surface area is 199 Å². The Balaban J connectivity index is 2.15. The van der Waals surface area contributed by atoms with E-state index in [2.05, 4.69) is 0 Å². The fourth-order valence-corrected chi connectivity index (χ4v) is 4.12. The quantitative estimate of drug-likeness (QED) is 0.336. The Kier molecular flexibility index (Phi) is 8.00. The number of likely N-dealkylation sites (tertiary alicyclic amines) is 1. The highest BCUT2D eigenvalue weighted by molar-refractivity contribution is 6.47. The van der Waals surface area contributed by atoms with Gasteiger partial charge in [-0.05, 0) is 69.9 Å². The van der Waals surface area contributed by atoms with Gasteiger partial charge in [0.1, 0.15) is 17.3 Å². The van der Waals surface area contributed by atoms with E-state index in [9.17, 15) is 14.7 Å². The third-order valence-electron chi connectivity index (χ3n) is 5.46. The van der Waals surface area contributed by atoms with E-state index in [0.717, 1.165) is 6.54 Å². The summed E-state index contributed by atoms with van der Waals surface area (Å²) in [6.45, 7) is 3.46. The van der Waals surface area contributed by atoms with Crippen LogP contribution in [0.15, 0.2) is 48.0 Å². The molecule has 1 saturated heterocycles. The lowest BCUT2D eigenvalue weighted by atomic mass is 9.95. The second kappa shape index (κ2) is 10.7. The van der Waals surface area contributed by atoms with Crippen molar-refractivity contribution in [3.8, 4) is 11.5 Å². The Morgan fingerprint density at radius 1 is 1.15 bits per heavy atom. The topological polar surface area (TPSA) is 79.3 Å². The molecule has 1 N–H and O–H groups in total. The third kappa shape index (κ3) is 5.31. The van der Waals surface area contributed by atoms with Gasteiger partial charge < -0.3 is 24.4 Å². The Morgan fingerprint density at radius 2 is 1.91 bits per heavy atom. The number of ether oxygens (including phenoxy) is 2. The molecule has 1 aliphatic rings. The fraction of sp³-hybridized carbons (Fsp3) is 0.360. The zero-order valence-corrected chi connectivity index (χ0v) is 20.1. The number of hydrogen-bond acceptors (Lipinski definition) is 6. The van der Waals surface area contributed by atoms with E-state index in [1.54, 1.807) is 30.3 Å². The summed E-state index contributed by atoms with van der Waals surface area (Å²) in [6, 6.07) is 11.2. The molecule has 0 saturated carbocycles. The smallest absolute Gasteiger partial charge is 0.295 e. The minimum atomic E-state index is -0.769. The highest BCUT2D eigenvalue weighted by Crippen LogP contribution is 2.41. The number of amides is 1. The van der Waals surface area contributed by atoms with E-state index in [-0.39, 0.29) is 21.9 Å². The molecule has 0 bridgehead atoms. The number of ketones is 1. The van der Waals surface area contributed by atoms with Crippen molar-refractivity contribution in [3.63, 3.8) is 0 Å². The zero-order chi connectivity index (χ0) is 24.1. The molecular weight excluding hydrogens is 444 g/mol. The monoisotopic (exact) mass is 472 g/mol. The van der Waals surface area contributed by atoms with Crippen molar-refractivity contribution >= 4 is 29.1 Å². The predicted molar refractivity (Wildman–Crippen MR) is 128 cm³/mol. The molecule has 1 heterocycles. The summed E-state index contributed by atoms with van der Waals surface area (Å²) in [7, 11) is 5.39.